The predicted molar refractivity (Wildman–Crippen MR) is 211 cm³/mol. The van der Waals surface area contributed by atoms with Crippen LogP contribution in [0.3, 0.4) is 0 Å². The van der Waals surface area contributed by atoms with Gasteiger partial charge in [0.2, 0.25) is 11.8 Å². The Morgan fingerprint density at radius 2 is 1.42 bits per heavy atom. The summed E-state index contributed by atoms with van der Waals surface area (Å²) in [5.41, 5.74) is 6.88. The summed E-state index contributed by atoms with van der Waals surface area (Å²) < 4.78 is 4.76. The lowest BCUT2D eigenvalue weighted by Gasteiger charge is -2.30. The molecular weight excluding hydrogens is 716 g/mol. The number of H-pyrrole nitrogens is 2. The van der Waals surface area contributed by atoms with Crippen molar-refractivity contribution in [1.82, 2.24) is 40.5 Å². The van der Waals surface area contributed by atoms with Gasteiger partial charge in [-0.3, -0.25) is 9.59 Å². The molecule has 55 heavy (non-hydrogen) atoms. The fourth-order valence-electron chi connectivity index (χ4n) is 7.81. The molecule has 0 bridgehead atoms. The monoisotopic (exact) mass is 762 g/mol. The minimum absolute atomic E-state index is 0.0294. The van der Waals surface area contributed by atoms with Gasteiger partial charge in [0.25, 0.3) is 0 Å². The Kier molecular flexibility index (Phi) is 11.6. The number of hydrogen-bond donors (Lipinski definition) is 4. The summed E-state index contributed by atoms with van der Waals surface area (Å²) in [6, 6.07) is 19.4. The van der Waals surface area contributed by atoms with Crippen LogP contribution in [-0.4, -0.2) is 67.4 Å². The second kappa shape index (κ2) is 16.9. The van der Waals surface area contributed by atoms with Crippen molar-refractivity contribution in [3.05, 3.63) is 102 Å². The van der Waals surface area contributed by atoms with Crippen LogP contribution in [0.15, 0.2) is 79.3 Å². The predicted octanol–water partition coefficient (Wildman–Crippen LogP) is 7.82. The molecule has 2 aromatic carbocycles. The fraction of sp³-hybridized carbons (Fsp3) is 0.381. The van der Waals surface area contributed by atoms with Crippen LogP contribution in [0, 0.1) is 11.8 Å². The second-order valence-corrected chi connectivity index (χ2v) is 15.2. The van der Waals surface area contributed by atoms with E-state index in [4.69, 9.17) is 21.3 Å². The number of nitrogens with one attached hydrogen (secondary N) is 4. The van der Waals surface area contributed by atoms with Gasteiger partial charge in [-0.25, -0.2) is 19.7 Å². The van der Waals surface area contributed by atoms with Crippen LogP contribution < -0.4 is 10.6 Å². The van der Waals surface area contributed by atoms with Gasteiger partial charge >= 0.3 is 6.09 Å². The Morgan fingerprint density at radius 3 is 2.04 bits per heavy atom. The van der Waals surface area contributed by atoms with E-state index in [9.17, 15) is 14.4 Å². The Morgan fingerprint density at radius 1 is 0.800 bits per heavy atom. The number of ether oxygens (including phenoxy) is 1. The Balaban J connectivity index is 0.984. The molecule has 1 saturated carbocycles. The van der Waals surface area contributed by atoms with Crippen LogP contribution >= 0.6 is 11.6 Å². The largest absolute Gasteiger partial charge is 0.453 e. The molecule has 7 rings (SSSR count). The van der Waals surface area contributed by atoms with Gasteiger partial charge in [-0.05, 0) is 65.5 Å². The smallest absolute Gasteiger partial charge is 0.407 e. The number of alkyl carbamates (subject to hydrolysis) is 1. The SMILES string of the molecule is COC(=O)N[C@H](C(=O)N1CCC[C@H]1c1ncc(-c2ccc(-c3ccc(-c4cnc(C5CCCC[C@@H]5C(=O)NCc5ccc(Cl)nc5)[nH]4)cc3)cc2)[nH]1)C(C)C. The maximum absolute atomic E-state index is 13.5. The standard InChI is InChI=1S/C42H47ClN8O4/c1-25(2)37(50-42(54)55-3)41(53)51-20-6-9-35(51)39-46-24-34(49-39)30-17-13-28(14-18-30)27-11-15-29(16-12-27)33-23-45-38(48-33)31-7-4-5-8-32(31)40(52)47-22-26-10-19-36(43)44-21-26/h10-19,21,23-25,31-32,35,37H,4-9,20,22H2,1-3H3,(H,45,48)(H,46,49)(H,47,52)(H,50,54)/t31?,32-,35-,37-/m0/s1. The van der Waals surface area contributed by atoms with E-state index in [0.717, 1.165) is 89.4 Å². The maximum Gasteiger partial charge on any atom is 0.407 e. The lowest BCUT2D eigenvalue weighted by Crippen LogP contribution is -2.51. The lowest BCUT2D eigenvalue weighted by atomic mass is 9.78. The third-order valence-corrected chi connectivity index (χ3v) is 11.1. The van der Waals surface area contributed by atoms with Crippen molar-refractivity contribution in [3.63, 3.8) is 0 Å². The molecular formula is C42H47ClN8O4. The maximum atomic E-state index is 13.5. The number of imidazole rings is 2. The number of benzene rings is 2. The van der Waals surface area contributed by atoms with Gasteiger partial charge in [0.1, 0.15) is 22.8 Å². The lowest BCUT2D eigenvalue weighted by molar-refractivity contribution is -0.135. The first kappa shape index (κ1) is 37.8. The van der Waals surface area contributed by atoms with Crippen molar-refractivity contribution in [2.24, 2.45) is 11.8 Å². The molecule has 3 aromatic heterocycles. The molecule has 2 aliphatic rings. The molecule has 1 saturated heterocycles. The highest BCUT2D eigenvalue weighted by Crippen LogP contribution is 2.38. The molecule has 286 valence electrons. The number of amides is 3. The normalized spacial score (nSPS) is 18.9. The number of aromatic amines is 2. The molecule has 3 amide bonds. The number of rotatable bonds is 11. The number of methoxy groups -OCH3 is 1. The van der Waals surface area contributed by atoms with Gasteiger partial charge < -0.3 is 30.2 Å². The highest BCUT2D eigenvalue weighted by atomic mass is 35.5. The number of hydrogen-bond acceptors (Lipinski definition) is 7. The van der Waals surface area contributed by atoms with Crippen LogP contribution in [0.25, 0.3) is 33.6 Å². The van der Waals surface area contributed by atoms with Crippen molar-refractivity contribution in [2.45, 2.75) is 76.9 Å². The van der Waals surface area contributed by atoms with Crippen LogP contribution in [-0.2, 0) is 20.9 Å². The van der Waals surface area contributed by atoms with Crippen LogP contribution in [0.4, 0.5) is 4.79 Å². The van der Waals surface area contributed by atoms with E-state index >= 15 is 0 Å². The molecule has 0 spiro atoms. The Labute approximate surface area is 325 Å². The third-order valence-electron chi connectivity index (χ3n) is 10.9. The van der Waals surface area contributed by atoms with Crippen LogP contribution in [0.2, 0.25) is 5.15 Å². The fourth-order valence-corrected chi connectivity index (χ4v) is 7.92. The van der Waals surface area contributed by atoms with Gasteiger partial charge in [0.05, 0.1) is 36.9 Å². The highest BCUT2D eigenvalue weighted by molar-refractivity contribution is 6.29. The van der Waals surface area contributed by atoms with E-state index < -0.39 is 12.1 Å². The van der Waals surface area contributed by atoms with E-state index in [1.165, 1.54) is 7.11 Å². The number of likely N-dealkylation sites (tertiary alicyclic amines) is 1. The molecule has 0 radical (unpaired) electrons. The summed E-state index contributed by atoms with van der Waals surface area (Å²) in [4.78, 5) is 61.1. The Bertz CT molecular complexity index is 2090. The van der Waals surface area contributed by atoms with Crippen molar-refractivity contribution in [2.75, 3.05) is 13.7 Å². The van der Waals surface area contributed by atoms with Gasteiger partial charge in [0.15, 0.2) is 0 Å². The van der Waals surface area contributed by atoms with Gasteiger partial charge in [0, 0.05) is 31.1 Å². The molecule has 13 heteroatoms. The molecule has 1 aliphatic carbocycles. The molecule has 5 aromatic rings. The summed E-state index contributed by atoms with van der Waals surface area (Å²) in [7, 11) is 1.29. The molecule has 1 unspecified atom stereocenters. The molecule has 2 fully saturated rings. The zero-order chi connectivity index (χ0) is 38.5. The molecule has 12 nitrogen and oxygen atoms in total. The number of halogens is 1. The van der Waals surface area contributed by atoms with Crippen LogP contribution in [0.5, 0.6) is 0 Å². The van der Waals surface area contributed by atoms with Gasteiger partial charge in [-0.2, -0.15) is 0 Å². The van der Waals surface area contributed by atoms with Crippen molar-refractivity contribution >= 4 is 29.5 Å². The summed E-state index contributed by atoms with van der Waals surface area (Å²) >= 11 is 5.91. The number of carbonyl (C=O) groups excluding carboxylic acids is 3. The molecule has 4 N–H and O–H groups in total. The zero-order valence-electron chi connectivity index (χ0n) is 31.3. The highest BCUT2D eigenvalue weighted by Gasteiger charge is 2.38. The average Bonchev–Trinajstić information content (AvgIpc) is 4.01. The van der Waals surface area contributed by atoms with E-state index in [2.05, 4.69) is 79.1 Å². The van der Waals surface area contributed by atoms with Crippen LogP contribution in [0.1, 0.15) is 81.5 Å². The minimum Gasteiger partial charge on any atom is -0.453 e. The van der Waals surface area contributed by atoms with E-state index in [1.54, 1.807) is 12.3 Å². The summed E-state index contributed by atoms with van der Waals surface area (Å²) in [5.74, 6) is 1.28. The quantitative estimate of drug-likeness (QED) is 0.1000. The molecule has 1 aliphatic heterocycles. The van der Waals surface area contributed by atoms with Crippen molar-refractivity contribution in [3.8, 4) is 33.6 Å². The number of aromatic nitrogens is 5. The first-order chi connectivity index (χ1) is 26.7. The summed E-state index contributed by atoms with van der Waals surface area (Å²) in [6.07, 6.45) is 10.2. The summed E-state index contributed by atoms with van der Waals surface area (Å²) in [6.45, 7) is 4.83. The van der Waals surface area contributed by atoms with E-state index in [0.29, 0.717) is 18.2 Å². The Hall–Kier alpha value is -5.49. The molecule has 4 atom stereocenters. The first-order valence-electron chi connectivity index (χ1n) is 19.0. The average molecular weight is 763 g/mol. The van der Waals surface area contributed by atoms with E-state index in [1.807, 2.05) is 37.2 Å². The molecule has 4 heterocycles. The number of pyridine rings is 1. The van der Waals surface area contributed by atoms with Crippen molar-refractivity contribution < 1.29 is 19.1 Å². The second-order valence-electron chi connectivity index (χ2n) is 14.8. The number of nitrogens with zero attached hydrogens (tertiary/aromatic N) is 4. The topological polar surface area (TPSA) is 158 Å². The number of carbonyl (C=O) groups is 3. The van der Waals surface area contributed by atoms with E-state index in [-0.39, 0.29) is 35.6 Å². The first-order valence-corrected chi connectivity index (χ1v) is 19.4. The van der Waals surface area contributed by atoms with Crippen molar-refractivity contribution in [1.29, 1.82) is 0 Å². The third kappa shape index (κ3) is 8.59. The van der Waals surface area contributed by atoms with Gasteiger partial charge in [-0.1, -0.05) is 92.9 Å². The van der Waals surface area contributed by atoms with Gasteiger partial charge in [-0.15, -0.1) is 0 Å². The minimum atomic E-state index is -0.680. The summed E-state index contributed by atoms with van der Waals surface area (Å²) in [5, 5.41) is 6.22. The zero-order valence-corrected chi connectivity index (χ0v) is 32.1.